The summed E-state index contributed by atoms with van der Waals surface area (Å²) in [5, 5.41) is 9.54. The first-order valence-corrected chi connectivity index (χ1v) is 4.51. The summed E-state index contributed by atoms with van der Waals surface area (Å²) >= 11 is 0. The van der Waals surface area contributed by atoms with Crippen LogP contribution in [-0.2, 0) is 7.05 Å². The molecule has 0 unspecified atom stereocenters. The van der Waals surface area contributed by atoms with E-state index in [1.54, 1.807) is 6.33 Å². The Morgan fingerprint density at radius 2 is 2.36 bits per heavy atom. The minimum Gasteiger partial charge on any atom is -0.387 e. The molecule has 1 aromatic carbocycles. The topological polar surface area (TPSA) is 64.1 Å². The molecule has 1 atom stereocenters. The maximum atomic E-state index is 9.54. The number of nitrogens with two attached hydrogens (primary N) is 1. The Balaban J connectivity index is 2.52. The lowest BCUT2D eigenvalue weighted by Gasteiger charge is -2.07. The van der Waals surface area contributed by atoms with E-state index in [9.17, 15) is 5.11 Å². The van der Waals surface area contributed by atoms with Crippen molar-refractivity contribution in [2.24, 2.45) is 12.8 Å². The van der Waals surface area contributed by atoms with E-state index in [0.29, 0.717) is 0 Å². The zero-order valence-electron chi connectivity index (χ0n) is 8.01. The number of nitrogens with zero attached hydrogens (tertiary/aromatic N) is 2. The molecule has 1 aromatic heterocycles. The fourth-order valence-corrected chi connectivity index (χ4v) is 1.50. The summed E-state index contributed by atoms with van der Waals surface area (Å²) in [5.74, 6) is 0. The van der Waals surface area contributed by atoms with Crippen LogP contribution < -0.4 is 5.73 Å². The van der Waals surface area contributed by atoms with Crippen LogP contribution in [0.1, 0.15) is 11.7 Å². The Kier molecular flexibility index (Phi) is 2.23. The van der Waals surface area contributed by atoms with Crippen molar-refractivity contribution in [3.63, 3.8) is 0 Å². The first-order chi connectivity index (χ1) is 6.72. The summed E-state index contributed by atoms with van der Waals surface area (Å²) < 4.78 is 1.94. The molecular weight excluding hydrogens is 178 g/mol. The highest BCUT2D eigenvalue weighted by Crippen LogP contribution is 2.18. The normalized spacial score (nSPS) is 13.4. The molecule has 0 saturated heterocycles. The lowest BCUT2D eigenvalue weighted by Crippen LogP contribution is -2.11. The zero-order valence-corrected chi connectivity index (χ0v) is 8.01. The molecule has 0 radical (unpaired) electrons. The number of rotatable bonds is 2. The Bertz CT molecular complexity index is 450. The van der Waals surface area contributed by atoms with Crippen LogP contribution in [0, 0.1) is 0 Å². The van der Waals surface area contributed by atoms with Gasteiger partial charge in [0, 0.05) is 13.6 Å². The smallest absolute Gasteiger partial charge is 0.0955 e. The minimum atomic E-state index is -0.596. The average Bonchev–Trinajstić information content (AvgIpc) is 2.59. The summed E-state index contributed by atoms with van der Waals surface area (Å²) in [6.07, 6.45) is 1.16. The van der Waals surface area contributed by atoms with E-state index in [1.165, 1.54) is 0 Å². The maximum Gasteiger partial charge on any atom is 0.0955 e. The van der Waals surface area contributed by atoms with Gasteiger partial charge in [-0.3, -0.25) is 0 Å². The molecule has 74 valence electrons. The predicted molar refractivity (Wildman–Crippen MR) is 54.7 cm³/mol. The molecule has 2 aromatic rings. The van der Waals surface area contributed by atoms with E-state index in [4.69, 9.17) is 5.73 Å². The second kappa shape index (κ2) is 3.40. The molecule has 0 aliphatic rings. The van der Waals surface area contributed by atoms with Crippen molar-refractivity contribution in [2.75, 3.05) is 6.54 Å². The van der Waals surface area contributed by atoms with Crippen molar-refractivity contribution in [3.05, 3.63) is 30.1 Å². The Morgan fingerprint density at radius 3 is 3.07 bits per heavy atom. The van der Waals surface area contributed by atoms with Crippen LogP contribution in [0.2, 0.25) is 0 Å². The largest absolute Gasteiger partial charge is 0.387 e. The third kappa shape index (κ3) is 1.38. The number of aliphatic hydroxyl groups is 1. The number of aryl methyl sites for hydroxylation is 1. The molecule has 0 bridgehead atoms. The molecule has 2 rings (SSSR count). The number of hydrogen-bond donors (Lipinski definition) is 2. The number of benzene rings is 1. The van der Waals surface area contributed by atoms with Crippen molar-refractivity contribution in [2.45, 2.75) is 6.10 Å². The van der Waals surface area contributed by atoms with E-state index in [2.05, 4.69) is 4.98 Å². The first-order valence-electron chi connectivity index (χ1n) is 4.51. The molecule has 0 fully saturated rings. The summed E-state index contributed by atoms with van der Waals surface area (Å²) in [7, 11) is 1.94. The van der Waals surface area contributed by atoms with Gasteiger partial charge >= 0.3 is 0 Å². The monoisotopic (exact) mass is 191 g/mol. The summed E-state index contributed by atoms with van der Waals surface area (Å²) in [4.78, 5) is 4.21. The van der Waals surface area contributed by atoms with Crippen LogP contribution in [0.3, 0.4) is 0 Å². The van der Waals surface area contributed by atoms with Crippen LogP contribution in [0.4, 0.5) is 0 Å². The quantitative estimate of drug-likeness (QED) is 0.729. The molecule has 0 aliphatic heterocycles. The SMILES string of the molecule is Cn1cnc2cc([C@H](O)CN)ccc21. The standard InChI is InChI=1S/C10H13N3O/c1-13-6-12-8-4-7(10(14)5-11)2-3-9(8)13/h2-4,6,10,14H,5,11H2,1H3/t10-/m1/s1. The van der Waals surface area contributed by atoms with Crippen LogP contribution in [0.25, 0.3) is 11.0 Å². The van der Waals surface area contributed by atoms with Crippen molar-refractivity contribution in [1.29, 1.82) is 0 Å². The van der Waals surface area contributed by atoms with E-state index >= 15 is 0 Å². The van der Waals surface area contributed by atoms with E-state index in [-0.39, 0.29) is 6.54 Å². The fraction of sp³-hybridized carbons (Fsp3) is 0.300. The second-order valence-corrected chi connectivity index (χ2v) is 3.36. The minimum absolute atomic E-state index is 0.234. The van der Waals surface area contributed by atoms with Gasteiger partial charge in [0.25, 0.3) is 0 Å². The number of hydrogen-bond acceptors (Lipinski definition) is 3. The highest BCUT2D eigenvalue weighted by Gasteiger charge is 2.07. The van der Waals surface area contributed by atoms with Crippen molar-refractivity contribution in [3.8, 4) is 0 Å². The van der Waals surface area contributed by atoms with Gasteiger partial charge in [0.05, 0.1) is 23.5 Å². The molecule has 4 heteroatoms. The molecule has 3 N–H and O–H groups in total. The number of aromatic nitrogens is 2. The van der Waals surface area contributed by atoms with Gasteiger partial charge in [0.15, 0.2) is 0 Å². The van der Waals surface area contributed by atoms with Gasteiger partial charge in [-0.25, -0.2) is 4.98 Å². The third-order valence-electron chi connectivity index (χ3n) is 2.36. The lowest BCUT2D eigenvalue weighted by atomic mass is 10.1. The predicted octanol–water partition coefficient (Wildman–Crippen LogP) is 0.565. The van der Waals surface area contributed by atoms with Crippen molar-refractivity contribution >= 4 is 11.0 Å². The average molecular weight is 191 g/mol. The van der Waals surface area contributed by atoms with E-state index < -0.39 is 6.10 Å². The van der Waals surface area contributed by atoms with Gasteiger partial charge in [-0.15, -0.1) is 0 Å². The highest BCUT2D eigenvalue weighted by molar-refractivity contribution is 5.76. The molecule has 0 spiro atoms. The van der Waals surface area contributed by atoms with Crippen LogP contribution in [0.5, 0.6) is 0 Å². The van der Waals surface area contributed by atoms with Crippen LogP contribution in [0.15, 0.2) is 24.5 Å². The Labute approximate surface area is 82.0 Å². The van der Waals surface area contributed by atoms with Gasteiger partial charge in [-0.1, -0.05) is 6.07 Å². The molecule has 0 saturated carbocycles. The zero-order chi connectivity index (χ0) is 10.1. The summed E-state index contributed by atoms with van der Waals surface area (Å²) in [6.45, 7) is 0.234. The van der Waals surface area contributed by atoms with Crippen LogP contribution >= 0.6 is 0 Å². The van der Waals surface area contributed by atoms with E-state index in [1.807, 2.05) is 29.8 Å². The third-order valence-corrected chi connectivity index (χ3v) is 2.36. The fourth-order valence-electron chi connectivity index (χ4n) is 1.50. The number of aliphatic hydroxyl groups excluding tert-OH is 1. The lowest BCUT2D eigenvalue weighted by molar-refractivity contribution is 0.187. The van der Waals surface area contributed by atoms with Crippen LogP contribution in [-0.4, -0.2) is 21.2 Å². The molecule has 4 nitrogen and oxygen atoms in total. The highest BCUT2D eigenvalue weighted by atomic mass is 16.3. The maximum absolute atomic E-state index is 9.54. The molecular formula is C10H13N3O. The second-order valence-electron chi connectivity index (χ2n) is 3.36. The van der Waals surface area contributed by atoms with Crippen molar-refractivity contribution < 1.29 is 5.11 Å². The Morgan fingerprint density at radius 1 is 1.57 bits per heavy atom. The number of imidazole rings is 1. The van der Waals surface area contributed by atoms with Crippen molar-refractivity contribution in [1.82, 2.24) is 9.55 Å². The van der Waals surface area contributed by atoms with Gasteiger partial charge in [-0.2, -0.15) is 0 Å². The summed E-state index contributed by atoms with van der Waals surface area (Å²) in [6, 6.07) is 5.69. The van der Waals surface area contributed by atoms with Gasteiger partial charge in [-0.05, 0) is 17.7 Å². The van der Waals surface area contributed by atoms with E-state index in [0.717, 1.165) is 16.6 Å². The van der Waals surface area contributed by atoms with Gasteiger partial charge in [0.1, 0.15) is 0 Å². The molecule has 0 aliphatic carbocycles. The molecule has 14 heavy (non-hydrogen) atoms. The van der Waals surface area contributed by atoms with Gasteiger partial charge < -0.3 is 15.4 Å². The summed E-state index contributed by atoms with van der Waals surface area (Å²) in [5.41, 5.74) is 8.14. The van der Waals surface area contributed by atoms with Gasteiger partial charge in [0.2, 0.25) is 0 Å². The first kappa shape index (κ1) is 9.18. The number of fused-ring (bicyclic) bond motifs is 1. The molecule has 0 amide bonds. The Hall–Kier alpha value is -1.39. The molecule has 1 heterocycles.